The van der Waals surface area contributed by atoms with E-state index in [0.717, 1.165) is 12.8 Å². The Balaban J connectivity index is 1.43. The monoisotopic (exact) mass is 370 g/mol. The highest BCUT2D eigenvalue weighted by Crippen LogP contribution is 2.48. The molecule has 7 nitrogen and oxygen atoms in total. The van der Waals surface area contributed by atoms with Gasteiger partial charge in [-0.25, -0.2) is 0 Å². The summed E-state index contributed by atoms with van der Waals surface area (Å²) in [4.78, 5) is 24.6. The maximum atomic E-state index is 12.7. The molecule has 1 aliphatic carbocycles. The summed E-state index contributed by atoms with van der Waals surface area (Å²) >= 11 is 0. The molecule has 3 aliphatic heterocycles. The Kier molecular flexibility index (Phi) is 4.05. The number of ketones is 1. The van der Waals surface area contributed by atoms with Gasteiger partial charge in [-0.15, -0.1) is 0 Å². The van der Waals surface area contributed by atoms with Gasteiger partial charge in [0.1, 0.15) is 17.5 Å². The second-order valence-electron chi connectivity index (χ2n) is 7.57. The molecular weight excluding hydrogens is 348 g/mol. The third kappa shape index (κ3) is 2.74. The Bertz CT molecular complexity index is 727. The largest absolute Gasteiger partial charge is 0.456 e. The quantitative estimate of drug-likeness (QED) is 0.406. The number of ether oxygens (including phenoxy) is 2. The van der Waals surface area contributed by atoms with Gasteiger partial charge in [0, 0.05) is 6.42 Å². The lowest BCUT2D eigenvalue weighted by Crippen LogP contribution is -2.42. The van der Waals surface area contributed by atoms with Gasteiger partial charge in [-0.05, 0) is 37.7 Å². The van der Waals surface area contributed by atoms with Crippen LogP contribution in [0.3, 0.4) is 0 Å². The van der Waals surface area contributed by atoms with Crippen molar-refractivity contribution in [3.05, 3.63) is 12.2 Å². The normalized spacial score (nSPS) is 43.3. The van der Waals surface area contributed by atoms with Crippen LogP contribution in [0, 0.1) is 11.8 Å². The van der Waals surface area contributed by atoms with Crippen LogP contribution >= 0.6 is 0 Å². The Hall–Kier alpha value is -1.25. The van der Waals surface area contributed by atoms with Crippen molar-refractivity contribution in [1.29, 1.82) is 0 Å². The molecule has 0 aromatic carbocycles. The van der Waals surface area contributed by atoms with Crippen molar-refractivity contribution < 1.29 is 31.7 Å². The molecule has 7 atom stereocenters. The predicted molar refractivity (Wildman–Crippen MR) is 86.0 cm³/mol. The van der Waals surface area contributed by atoms with E-state index in [1.807, 2.05) is 0 Å². The Morgan fingerprint density at radius 3 is 2.72 bits per heavy atom. The summed E-state index contributed by atoms with van der Waals surface area (Å²) in [7, 11) is -3.63. The number of hydrogen-bond acceptors (Lipinski definition) is 7. The average Bonchev–Trinajstić information content (AvgIpc) is 3.24. The number of carbonyl (C=O) groups excluding carboxylic acids is 2. The van der Waals surface area contributed by atoms with E-state index < -0.39 is 39.8 Å². The SMILES string of the molecule is C=C(C)C(=O)CC1CCCC1C(=O)OC1C2CC3C(O2)C1OS3(=O)=O. The van der Waals surface area contributed by atoms with Crippen molar-refractivity contribution >= 4 is 21.9 Å². The third-order valence-electron chi connectivity index (χ3n) is 5.93. The molecule has 3 heterocycles. The van der Waals surface area contributed by atoms with Crippen LogP contribution in [0.2, 0.25) is 0 Å². The Morgan fingerprint density at radius 1 is 1.24 bits per heavy atom. The van der Waals surface area contributed by atoms with Gasteiger partial charge in [0.15, 0.2) is 11.9 Å². The second-order valence-corrected chi connectivity index (χ2v) is 9.36. The average molecular weight is 370 g/mol. The molecule has 0 spiro atoms. The predicted octanol–water partition coefficient (Wildman–Crippen LogP) is 1.12. The van der Waals surface area contributed by atoms with Crippen molar-refractivity contribution in [3.63, 3.8) is 0 Å². The summed E-state index contributed by atoms with van der Waals surface area (Å²) < 4.78 is 40.2. The van der Waals surface area contributed by atoms with E-state index in [0.29, 0.717) is 24.8 Å². The first-order valence-electron chi connectivity index (χ1n) is 8.74. The van der Waals surface area contributed by atoms with Gasteiger partial charge in [-0.3, -0.25) is 13.8 Å². The number of Topliss-reactive ketones (excluding diaryl/α,β-unsaturated/α-hetero) is 1. The van der Waals surface area contributed by atoms with Gasteiger partial charge in [-0.1, -0.05) is 13.0 Å². The standard InChI is InChI=1S/C17H22O7S/c1-8(2)11(18)6-9-4-3-5-10(9)17(19)23-14-12-7-13-15(22-12)16(14)24-25(13,20)21/h9-10,12-16H,1,3-7H2,2H3. The van der Waals surface area contributed by atoms with E-state index >= 15 is 0 Å². The molecule has 4 fully saturated rings. The van der Waals surface area contributed by atoms with Crippen molar-refractivity contribution in [2.45, 2.75) is 68.7 Å². The van der Waals surface area contributed by atoms with E-state index in [-0.39, 0.29) is 23.6 Å². The molecule has 0 aromatic heterocycles. The zero-order valence-electron chi connectivity index (χ0n) is 14.1. The minimum Gasteiger partial charge on any atom is -0.456 e. The van der Waals surface area contributed by atoms with E-state index in [2.05, 4.69) is 6.58 Å². The van der Waals surface area contributed by atoms with Crippen molar-refractivity contribution in [1.82, 2.24) is 0 Å². The number of allylic oxidation sites excluding steroid dienone is 1. The fourth-order valence-corrected chi connectivity index (χ4v) is 6.24. The van der Waals surface area contributed by atoms with Crippen LogP contribution in [0.25, 0.3) is 0 Å². The molecule has 0 N–H and O–H groups in total. The lowest BCUT2D eigenvalue weighted by molar-refractivity contribution is -0.161. The van der Waals surface area contributed by atoms with Crippen molar-refractivity contribution in [2.75, 3.05) is 0 Å². The number of hydrogen-bond donors (Lipinski definition) is 0. The molecular formula is C17H22O7S. The van der Waals surface area contributed by atoms with Crippen LogP contribution in [0.1, 0.15) is 39.0 Å². The minimum absolute atomic E-state index is 0.0268. The molecule has 138 valence electrons. The van der Waals surface area contributed by atoms with Crippen LogP contribution in [0.15, 0.2) is 12.2 Å². The fourth-order valence-electron chi connectivity index (χ4n) is 4.59. The van der Waals surface area contributed by atoms with E-state index in [1.54, 1.807) is 6.92 Å². The van der Waals surface area contributed by atoms with E-state index in [9.17, 15) is 18.0 Å². The molecule has 1 saturated carbocycles. The molecule has 0 aromatic rings. The first-order valence-corrected chi connectivity index (χ1v) is 10.2. The summed E-state index contributed by atoms with van der Waals surface area (Å²) in [6, 6.07) is 0. The van der Waals surface area contributed by atoms with Crippen molar-refractivity contribution in [2.24, 2.45) is 11.8 Å². The highest BCUT2D eigenvalue weighted by atomic mass is 32.2. The lowest BCUT2D eigenvalue weighted by Gasteiger charge is -2.25. The van der Waals surface area contributed by atoms with E-state index in [1.165, 1.54) is 0 Å². The highest BCUT2D eigenvalue weighted by molar-refractivity contribution is 7.87. The van der Waals surface area contributed by atoms with Crippen LogP contribution in [-0.2, 0) is 33.4 Å². The summed E-state index contributed by atoms with van der Waals surface area (Å²) in [6.45, 7) is 5.33. The molecule has 2 bridgehead atoms. The molecule has 7 unspecified atom stereocenters. The van der Waals surface area contributed by atoms with Crippen LogP contribution < -0.4 is 0 Å². The zero-order valence-corrected chi connectivity index (χ0v) is 14.9. The van der Waals surface area contributed by atoms with Gasteiger partial charge in [0.2, 0.25) is 0 Å². The summed E-state index contributed by atoms with van der Waals surface area (Å²) in [5.41, 5.74) is 0.496. The third-order valence-corrected chi connectivity index (χ3v) is 7.62. The smallest absolute Gasteiger partial charge is 0.309 e. The second kappa shape index (κ2) is 5.89. The van der Waals surface area contributed by atoms with Gasteiger partial charge >= 0.3 is 5.97 Å². The first kappa shape index (κ1) is 17.2. The Labute approximate surface area is 146 Å². The van der Waals surface area contributed by atoms with Crippen LogP contribution in [0.5, 0.6) is 0 Å². The molecule has 25 heavy (non-hydrogen) atoms. The van der Waals surface area contributed by atoms with Gasteiger partial charge in [-0.2, -0.15) is 8.42 Å². The molecule has 4 aliphatic rings. The van der Waals surface area contributed by atoms with Gasteiger partial charge in [0.05, 0.1) is 12.0 Å². The molecule has 0 amide bonds. The Morgan fingerprint density at radius 2 is 2.00 bits per heavy atom. The number of esters is 1. The molecule has 0 radical (unpaired) electrons. The number of fused-ring (bicyclic) bond motifs is 1. The highest BCUT2D eigenvalue weighted by Gasteiger charge is 2.67. The maximum absolute atomic E-state index is 12.7. The number of carbonyl (C=O) groups is 2. The summed E-state index contributed by atoms with van der Waals surface area (Å²) in [5, 5.41) is -0.634. The maximum Gasteiger partial charge on any atom is 0.309 e. The van der Waals surface area contributed by atoms with Crippen LogP contribution in [-0.4, -0.2) is 49.8 Å². The lowest BCUT2D eigenvalue weighted by atomic mass is 9.89. The molecule has 4 rings (SSSR count). The first-order chi connectivity index (χ1) is 11.8. The summed E-state index contributed by atoms with van der Waals surface area (Å²) in [5.74, 6) is -0.781. The van der Waals surface area contributed by atoms with Gasteiger partial charge < -0.3 is 9.47 Å². The minimum atomic E-state index is -3.63. The van der Waals surface area contributed by atoms with Crippen LogP contribution in [0.4, 0.5) is 0 Å². The molecule has 3 saturated heterocycles. The van der Waals surface area contributed by atoms with Gasteiger partial charge in [0.25, 0.3) is 10.1 Å². The zero-order chi connectivity index (χ0) is 17.9. The van der Waals surface area contributed by atoms with E-state index in [4.69, 9.17) is 13.7 Å². The fraction of sp³-hybridized carbons (Fsp3) is 0.765. The summed E-state index contributed by atoms with van der Waals surface area (Å²) in [6.07, 6.45) is 0.623. The molecule has 8 heteroatoms. The topological polar surface area (TPSA) is 96.0 Å². The van der Waals surface area contributed by atoms with Crippen molar-refractivity contribution in [3.8, 4) is 0 Å². The number of rotatable bonds is 5.